The molecule has 0 bridgehead atoms. The molecule has 3 rings (SSSR count). The molecule has 0 saturated heterocycles. The molecule has 1 N–H and O–H groups in total. The molecule has 0 radical (unpaired) electrons. The Labute approximate surface area is 162 Å². The molecule has 0 spiro atoms. The number of ether oxygens (including phenoxy) is 1. The fourth-order valence-electron chi connectivity index (χ4n) is 2.53. The summed E-state index contributed by atoms with van der Waals surface area (Å²) in [5, 5.41) is 12.0. The first-order valence-corrected chi connectivity index (χ1v) is 9.09. The van der Waals surface area contributed by atoms with Crippen molar-refractivity contribution in [2.75, 3.05) is 6.54 Å². The van der Waals surface area contributed by atoms with Crippen LogP contribution in [0.2, 0.25) is 5.02 Å². The molecule has 2 aromatic heterocycles. The summed E-state index contributed by atoms with van der Waals surface area (Å²) >= 11 is 6.00. The Morgan fingerprint density at radius 1 is 1.26 bits per heavy atom. The summed E-state index contributed by atoms with van der Waals surface area (Å²) in [7, 11) is 0. The minimum Gasteiger partial charge on any atom is -0.471 e. The largest absolute Gasteiger partial charge is 0.471 e. The van der Waals surface area contributed by atoms with E-state index in [4.69, 9.17) is 16.3 Å². The number of benzene rings is 1. The summed E-state index contributed by atoms with van der Waals surface area (Å²) in [5.74, 6) is 0.500. The topological polar surface area (TPSA) is 74.0 Å². The second-order valence-electron chi connectivity index (χ2n) is 6.32. The van der Waals surface area contributed by atoms with E-state index >= 15 is 0 Å². The van der Waals surface area contributed by atoms with Gasteiger partial charge in [-0.05, 0) is 55.7 Å². The van der Waals surface area contributed by atoms with E-state index in [1.807, 2.05) is 37.0 Å². The van der Waals surface area contributed by atoms with Crippen LogP contribution in [0.5, 0.6) is 5.75 Å². The van der Waals surface area contributed by atoms with Crippen LogP contribution >= 0.6 is 11.6 Å². The number of halogens is 1. The van der Waals surface area contributed by atoms with Crippen molar-refractivity contribution in [1.82, 2.24) is 24.9 Å². The smallest absolute Gasteiger partial charge is 0.271 e. The summed E-state index contributed by atoms with van der Waals surface area (Å²) < 4.78 is 9.11. The first-order valence-electron chi connectivity index (χ1n) is 8.71. The van der Waals surface area contributed by atoms with Crippen molar-refractivity contribution in [2.45, 2.75) is 33.5 Å². The highest BCUT2D eigenvalue weighted by Gasteiger charge is 2.09. The fraction of sp³-hybridized carbons (Fsp3) is 0.316. The van der Waals surface area contributed by atoms with E-state index in [-0.39, 0.29) is 12.6 Å². The fourth-order valence-corrected chi connectivity index (χ4v) is 2.64. The molecule has 2 heterocycles. The molecule has 1 amide bonds. The van der Waals surface area contributed by atoms with Crippen LogP contribution < -0.4 is 10.1 Å². The predicted octanol–water partition coefficient (Wildman–Crippen LogP) is 3.21. The van der Waals surface area contributed by atoms with Gasteiger partial charge in [0.2, 0.25) is 0 Å². The number of nitrogens with zero attached hydrogens (tertiary/aromatic N) is 4. The van der Waals surface area contributed by atoms with Crippen LogP contribution in [0.3, 0.4) is 0 Å². The lowest BCUT2D eigenvalue weighted by molar-refractivity contribution is 0.0945. The van der Waals surface area contributed by atoms with Crippen LogP contribution in [0.15, 0.2) is 42.9 Å². The Hall–Kier alpha value is -2.80. The van der Waals surface area contributed by atoms with E-state index in [9.17, 15) is 4.79 Å². The average Bonchev–Trinajstić information content (AvgIpc) is 3.28. The van der Waals surface area contributed by atoms with Gasteiger partial charge < -0.3 is 10.1 Å². The van der Waals surface area contributed by atoms with Crippen molar-refractivity contribution in [3.8, 4) is 5.75 Å². The number of hydrogen-bond acceptors (Lipinski definition) is 4. The van der Waals surface area contributed by atoms with Crippen LogP contribution in [-0.2, 0) is 13.3 Å². The Morgan fingerprint density at radius 2 is 2.11 bits per heavy atom. The molecule has 0 atom stereocenters. The molecule has 0 aliphatic heterocycles. The maximum atomic E-state index is 12.2. The summed E-state index contributed by atoms with van der Waals surface area (Å²) in [6.07, 6.45) is 6.31. The molecule has 1 aromatic carbocycles. The van der Waals surface area contributed by atoms with Crippen LogP contribution in [0.1, 0.15) is 28.0 Å². The van der Waals surface area contributed by atoms with E-state index in [0.29, 0.717) is 23.0 Å². The number of rotatable bonds is 8. The lowest BCUT2D eigenvalue weighted by Crippen LogP contribution is -2.26. The molecule has 0 saturated carbocycles. The van der Waals surface area contributed by atoms with Crippen molar-refractivity contribution in [1.29, 1.82) is 0 Å². The van der Waals surface area contributed by atoms with Gasteiger partial charge in [0.25, 0.3) is 5.91 Å². The molecule has 0 aliphatic carbocycles. The van der Waals surface area contributed by atoms with Gasteiger partial charge in [0.05, 0.1) is 6.20 Å². The minimum absolute atomic E-state index is 0.201. The van der Waals surface area contributed by atoms with Crippen LogP contribution in [0, 0.1) is 13.8 Å². The van der Waals surface area contributed by atoms with Crippen molar-refractivity contribution < 1.29 is 9.53 Å². The molecule has 0 fully saturated rings. The third kappa shape index (κ3) is 5.34. The number of carbonyl (C=O) groups is 1. The number of hydrogen-bond donors (Lipinski definition) is 1. The lowest BCUT2D eigenvalue weighted by atomic mass is 10.2. The first-order chi connectivity index (χ1) is 13.0. The number of aryl methyl sites for hydroxylation is 3. The predicted molar refractivity (Wildman–Crippen MR) is 103 cm³/mol. The molecule has 3 aromatic rings. The SMILES string of the molecule is Cc1cnn(CCCNC(=O)c2ccn(COc3ccc(Cl)c(C)c3)n2)c1. The van der Waals surface area contributed by atoms with Gasteiger partial charge >= 0.3 is 0 Å². The molecule has 0 aliphatic rings. The van der Waals surface area contributed by atoms with Gasteiger partial charge in [-0.25, -0.2) is 4.68 Å². The Bertz CT molecular complexity index is 918. The van der Waals surface area contributed by atoms with Gasteiger partial charge in [0.1, 0.15) is 11.4 Å². The van der Waals surface area contributed by atoms with Crippen LogP contribution in [0.25, 0.3) is 0 Å². The minimum atomic E-state index is -0.201. The molecule has 8 heteroatoms. The van der Waals surface area contributed by atoms with Crippen molar-refractivity contribution in [3.63, 3.8) is 0 Å². The maximum absolute atomic E-state index is 12.2. The zero-order valence-electron chi connectivity index (χ0n) is 15.4. The quantitative estimate of drug-likeness (QED) is 0.602. The Morgan fingerprint density at radius 3 is 2.85 bits per heavy atom. The monoisotopic (exact) mass is 387 g/mol. The standard InChI is InChI=1S/C19H22ClN5O2/c1-14-11-22-24(12-14)8-3-7-21-19(26)18-6-9-25(23-18)13-27-16-4-5-17(20)15(2)10-16/h4-6,9-12H,3,7-8,13H2,1-2H3,(H,21,26). The summed E-state index contributed by atoms with van der Waals surface area (Å²) in [6.45, 7) is 5.45. The zero-order chi connectivity index (χ0) is 19.2. The summed E-state index contributed by atoms with van der Waals surface area (Å²) in [5.41, 5.74) is 2.43. The molecule has 0 unspecified atom stereocenters. The van der Waals surface area contributed by atoms with Gasteiger partial charge in [-0.15, -0.1) is 0 Å². The van der Waals surface area contributed by atoms with Gasteiger partial charge in [-0.1, -0.05) is 11.6 Å². The molecule has 7 nitrogen and oxygen atoms in total. The van der Waals surface area contributed by atoms with Crippen molar-refractivity contribution in [3.05, 3.63) is 64.7 Å². The third-order valence-corrected chi connectivity index (χ3v) is 4.40. The summed E-state index contributed by atoms with van der Waals surface area (Å²) in [4.78, 5) is 12.2. The number of carbonyl (C=O) groups excluding carboxylic acids is 1. The highest BCUT2D eigenvalue weighted by molar-refractivity contribution is 6.31. The van der Waals surface area contributed by atoms with Crippen molar-refractivity contribution in [2.24, 2.45) is 0 Å². The van der Waals surface area contributed by atoms with E-state index in [1.165, 1.54) is 0 Å². The number of aromatic nitrogens is 4. The highest BCUT2D eigenvalue weighted by Crippen LogP contribution is 2.21. The number of nitrogens with one attached hydrogen (secondary N) is 1. The van der Waals surface area contributed by atoms with Crippen molar-refractivity contribution >= 4 is 17.5 Å². The Kier molecular flexibility index (Phi) is 6.13. The first kappa shape index (κ1) is 19.0. The van der Waals surface area contributed by atoms with E-state index in [2.05, 4.69) is 15.5 Å². The second-order valence-corrected chi connectivity index (χ2v) is 6.72. The molecular formula is C19H22ClN5O2. The van der Waals surface area contributed by atoms with E-state index in [0.717, 1.165) is 24.1 Å². The normalized spacial score (nSPS) is 10.8. The maximum Gasteiger partial charge on any atom is 0.271 e. The van der Waals surface area contributed by atoms with Gasteiger partial charge in [-0.2, -0.15) is 10.2 Å². The van der Waals surface area contributed by atoms with Gasteiger partial charge in [0.15, 0.2) is 6.73 Å². The third-order valence-electron chi connectivity index (χ3n) is 3.98. The molecule has 27 heavy (non-hydrogen) atoms. The number of amides is 1. The molecular weight excluding hydrogens is 366 g/mol. The highest BCUT2D eigenvalue weighted by atomic mass is 35.5. The Balaban J connectivity index is 1.43. The van der Waals surface area contributed by atoms with Gasteiger partial charge in [-0.3, -0.25) is 9.48 Å². The lowest BCUT2D eigenvalue weighted by Gasteiger charge is -2.07. The van der Waals surface area contributed by atoms with Crippen LogP contribution in [0.4, 0.5) is 0 Å². The second kappa shape index (κ2) is 8.73. The van der Waals surface area contributed by atoms with E-state index < -0.39 is 0 Å². The van der Waals surface area contributed by atoms with Gasteiger partial charge in [0, 0.05) is 30.5 Å². The zero-order valence-corrected chi connectivity index (χ0v) is 16.1. The molecule has 142 valence electrons. The average molecular weight is 388 g/mol. The van der Waals surface area contributed by atoms with Crippen LogP contribution in [-0.4, -0.2) is 32.0 Å². The summed E-state index contributed by atoms with van der Waals surface area (Å²) in [6, 6.07) is 7.12. The van der Waals surface area contributed by atoms with E-state index in [1.54, 1.807) is 29.1 Å².